The number of carbonyl (C=O) groups is 1. The molecule has 0 amide bonds. The predicted octanol–water partition coefficient (Wildman–Crippen LogP) is 2.28. The van der Waals surface area contributed by atoms with Gasteiger partial charge in [0.15, 0.2) is 11.4 Å². The van der Waals surface area contributed by atoms with Gasteiger partial charge in [-0.15, -0.1) is 0 Å². The van der Waals surface area contributed by atoms with Crippen molar-refractivity contribution < 1.29 is 28.9 Å². The number of hydrogen-bond acceptors (Lipinski definition) is 6. The third-order valence-corrected chi connectivity index (χ3v) is 5.79. The SMILES string of the molecule is COC(=O)c1[nH]c(C)c(C)c1OCC(O)CN1CCC(O)(c2ccc(F)cc2)CC1. The Hall–Kier alpha value is -2.42. The van der Waals surface area contributed by atoms with Gasteiger partial charge in [-0.1, -0.05) is 12.1 Å². The number of β-amino-alcohol motifs (C(OH)–C–C–N with tert-alkyl or cyclic N) is 1. The molecule has 0 radical (unpaired) electrons. The molecule has 1 aromatic heterocycles. The molecule has 1 aliphatic rings. The summed E-state index contributed by atoms with van der Waals surface area (Å²) in [5.74, 6) is -0.458. The lowest BCUT2D eigenvalue weighted by molar-refractivity contribution is -0.0373. The maximum absolute atomic E-state index is 13.1. The van der Waals surface area contributed by atoms with Crippen molar-refractivity contribution in [2.45, 2.75) is 38.4 Å². The van der Waals surface area contributed by atoms with E-state index in [0.29, 0.717) is 43.8 Å². The molecule has 8 heteroatoms. The van der Waals surface area contributed by atoms with E-state index in [0.717, 1.165) is 11.3 Å². The number of hydrogen-bond donors (Lipinski definition) is 3. The van der Waals surface area contributed by atoms with Gasteiger partial charge in [0, 0.05) is 30.9 Å². The summed E-state index contributed by atoms with van der Waals surface area (Å²) in [7, 11) is 1.30. The molecule has 3 rings (SSSR count). The van der Waals surface area contributed by atoms with Gasteiger partial charge in [0.05, 0.1) is 12.7 Å². The molecule has 164 valence electrons. The van der Waals surface area contributed by atoms with Gasteiger partial charge in [0.1, 0.15) is 18.5 Å². The van der Waals surface area contributed by atoms with Crippen molar-refractivity contribution in [2.24, 2.45) is 0 Å². The lowest BCUT2D eigenvalue weighted by Crippen LogP contribution is -2.46. The van der Waals surface area contributed by atoms with Crippen LogP contribution in [0.2, 0.25) is 0 Å². The van der Waals surface area contributed by atoms with Crippen LogP contribution in [-0.2, 0) is 10.3 Å². The number of nitrogens with one attached hydrogen (secondary N) is 1. The number of benzene rings is 1. The molecular formula is C22H29FN2O5. The minimum absolute atomic E-state index is 0.0286. The van der Waals surface area contributed by atoms with Crippen molar-refractivity contribution in [3.8, 4) is 5.75 Å². The van der Waals surface area contributed by atoms with Crippen LogP contribution in [0.1, 0.15) is 40.2 Å². The van der Waals surface area contributed by atoms with E-state index in [1.54, 1.807) is 12.1 Å². The molecule has 1 aromatic carbocycles. The lowest BCUT2D eigenvalue weighted by atomic mass is 9.84. The van der Waals surface area contributed by atoms with Crippen LogP contribution in [-0.4, -0.2) is 65.5 Å². The molecular weight excluding hydrogens is 391 g/mol. The number of H-pyrrole nitrogens is 1. The number of rotatable bonds is 7. The fraction of sp³-hybridized carbons (Fsp3) is 0.500. The first-order valence-corrected chi connectivity index (χ1v) is 10.0. The van der Waals surface area contributed by atoms with E-state index in [9.17, 15) is 19.4 Å². The summed E-state index contributed by atoms with van der Waals surface area (Å²) in [6.07, 6.45) is 0.228. The van der Waals surface area contributed by atoms with Crippen molar-refractivity contribution in [3.05, 3.63) is 52.6 Å². The fourth-order valence-electron chi connectivity index (χ4n) is 3.81. The summed E-state index contributed by atoms with van der Waals surface area (Å²) in [6, 6.07) is 5.95. The number of aromatic amines is 1. The molecule has 1 unspecified atom stereocenters. The smallest absolute Gasteiger partial charge is 0.358 e. The van der Waals surface area contributed by atoms with Crippen LogP contribution >= 0.6 is 0 Å². The molecule has 0 spiro atoms. The van der Waals surface area contributed by atoms with E-state index in [1.807, 2.05) is 13.8 Å². The molecule has 0 saturated carbocycles. The summed E-state index contributed by atoms with van der Waals surface area (Å²) in [6.45, 7) is 5.28. The fourth-order valence-corrected chi connectivity index (χ4v) is 3.81. The van der Waals surface area contributed by atoms with Crippen molar-refractivity contribution in [1.82, 2.24) is 9.88 Å². The topological polar surface area (TPSA) is 95.0 Å². The number of carbonyl (C=O) groups excluding carboxylic acids is 1. The minimum atomic E-state index is -0.985. The van der Waals surface area contributed by atoms with Gasteiger partial charge in [-0.05, 0) is 44.4 Å². The lowest BCUT2D eigenvalue weighted by Gasteiger charge is -2.39. The van der Waals surface area contributed by atoms with Gasteiger partial charge in [0.2, 0.25) is 0 Å². The first-order chi connectivity index (χ1) is 14.2. The Labute approximate surface area is 175 Å². The Kier molecular flexibility index (Phi) is 6.80. The molecule has 1 aliphatic heterocycles. The number of halogens is 1. The van der Waals surface area contributed by atoms with Crippen LogP contribution < -0.4 is 4.74 Å². The van der Waals surface area contributed by atoms with Crippen LogP contribution in [0, 0.1) is 19.7 Å². The van der Waals surface area contributed by atoms with E-state index in [-0.39, 0.29) is 18.1 Å². The summed E-state index contributed by atoms with van der Waals surface area (Å²) >= 11 is 0. The molecule has 1 fully saturated rings. The zero-order valence-corrected chi connectivity index (χ0v) is 17.6. The quantitative estimate of drug-likeness (QED) is 0.595. The Morgan fingerprint density at radius 1 is 1.27 bits per heavy atom. The average Bonchev–Trinajstić information content (AvgIpc) is 3.02. The molecule has 2 heterocycles. The molecule has 2 aromatic rings. The van der Waals surface area contributed by atoms with Gasteiger partial charge >= 0.3 is 5.97 Å². The maximum Gasteiger partial charge on any atom is 0.358 e. The standard InChI is InChI=1S/C22H29FN2O5/c1-14-15(2)24-19(21(27)29-3)20(14)30-13-18(26)12-25-10-8-22(28,9-11-25)16-4-6-17(23)7-5-16/h4-7,18,24,26,28H,8-13H2,1-3H3. The van der Waals surface area contributed by atoms with Crippen LogP contribution in [0.25, 0.3) is 0 Å². The zero-order chi connectivity index (χ0) is 21.9. The van der Waals surface area contributed by atoms with Crippen molar-refractivity contribution in [2.75, 3.05) is 33.4 Å². The molecule has 0 bridgehead atoms. The number of methoxy groups -OCH3 is 1. The second-order valence-electron chi connectivity index (χ2n) is 7.87. The Morgan fingerprint density at radius 2 is 1.90 bits per heavy atom. The Bertz CT molecular complexity index is 872. The van der Waals surface area contributed by atoms with Crippen molar-refractivity contribution >= 4 is 5.97 Å². The minimum Gasteiger partial charge on any atom is -0.488 e. The highest BCUT2D eigenvalue weighted by atomic mass is 19.1. The van der Waals surface area contributed by atoms with Crippen LogP contribution in [0.4, 0.5) is 4.39 Å². The largest absolute Gasteiger partial charge is 0.488 e. The zero-order valence-electron chi connectivity index (χ0n) is 17.6. The third kappa shape index (κ3) is 4.83. The Balaban J connectivity index is 1.53. The summed E-state index contributed by atoms with van der Waals surface area (Å²) in [5.41, 5.74) is 1.56. The van der Waals surface area contributed by atoms with E-state index in [1.165, 1.54) is 19.2 Å². The molecule has 3 N–H and O–H groups in total. The molecule has 7 nitrogen and oxygen atoms in total. The van der Waals surface area contributed by atoms with E-state index in [2.05, 4.69) is 9.88 Å². The van der Waals surface area contributed by atoms with E-state index >= 15 is 0 Å². The third-order valence-electron chi connectivity index (χ3n) is 5.79. The highest BCUT2D eigenvalue weighted by Crippen LogP contribution is 2.33. The first-order valence-electron chi connectivity index (χ1n) is 10.0. The van der Waals surface area contributed by atoms with E-state index in [4.69, 9.17) is 9.47 Å². The molecule has 0 aliphatic carbocycles. The van der Waals surface area contributed by atoms with Gasteiger partial charge < -0.3 is 29.6 Å². The van der Waals surface area contributed by atoms with Gasteiger partial charge in [0.25, 0.3) is 0 Å². The number of nitrogens with zero attached hydrogens (tertiary/aromatic N) is 1. The number of aryl methyl sites for hydroxylation is 1. The highest BCUT2D eigenvalue weighted by Gasteiger charge is 2.34. The number of aliphatic hydroxyl groups excluding tert-OH is 1. The number of aliphatic hydroxyl groups is 2. The summed E-state index contributed by atoms with van der Waals surface area (Å²) in [5, 5.41) is 21.3. The number of esters is 1. The van der Waals surface area contributed by atoms with Crippen LogP contribution in [0.3, 0.4) is 0 Å². The average molecular weight is 420 g/mol. The van der Waals surface area contributed by atoms with Gasteiger partial charge in [-0.25, -0.2) is 9.18 Å². The summed E-state index contributed by atoms with van der Waals surface area (Å²) < 4.78 is 23.7. The number of aromatic nitrogens is 1. The van der Waals surface area contributed by atoms with E-state index < -0.39 is 17.7 Å². The van der Waals surface area contributed by atoms with Crippen molar-refractivity contribution in [3.63, 3.8) is 0 Å². The molecule has 1 saturated heterocycles. The molecule has 30 heavy (non-hydrogen) atoms. The number of ether oxygens (including phenoxy) is 2. The van der Waals surface area contributed by atoms with Crippen LogP contribution in [0.15, 0.2) is 24.3 Å². The maximum atomic E-state index is 13.1. The van der Waals surface area contributed by atoms with Crippen molar-refractivity contribution in [1.29, 1.82) is 0 Å². The monoisotopic (exact) mass is 420 g/mol. The van der Waals surface area contributed by atoms with Gasteiger partial charge in [-0.3, -0.25) is 0 Å². The summed E-state index contributed by atoms with van der Waals surface area (Å²) in [4.78, 5) is 16.9. The van der Waals surface area contributed by atoms with Gasteiger partial charge in [-0.2, -0.15) is 0 Å². The number of piperidine rings is 1. The second kappa shape index (κ2) is 9.16. The first kappa shape index (κ1) is 22.3. The Morgan fingerprint density at radius 3 is 2.50 bits per heavy atom. The normalized spacial score (nSPS) is 17.5. The van der Waals surface area contributed by atoms with Crippen LogP contribution in [0.5, 0.6) is 5.75 Å². The number of likely N-dealkylation sites (tertiary alicyclic amines) is 1. The molecule has 1 atom stereocenters. The highest BCUT2D eigenvalue weighted by molar-refractivity contribution is 5.91. The second-order valence-corrected chi connectivity index (χ2v) is 7.87. The predicted molar refractivity (Wildman–Crippen MR) is 109 cm³/mol.